The quantitative estimate of drug-likeness (QED) is 0.425. The number of carbonyl (C=O) groups excluding carboxylic acids is 2. The molecule has 0 aromatic heterocycles. The molecule has 28 heavy (non-hydrogen) atoms. The maximum absolute atomic E-state index is 13.2. The van der Waals surface area contributed by atoms with E-state index >= 15 is 0 Å². The summed E-state index contributed by atoms with van der Waals surface area (Å²) >= 11 is 0. The number of hydroxylamine groups is 1. The second kappa shape index (κ2) is 11.3. The van der Waals surface area contributed by atoms with Gasteiger partial charge >= 0.3 is 6.03 Å². The highest BCUT2D eigenvalue weighted by Crippen LogP contribution is 2.20. The van der Waals surface area contributed by atoms with Gasteiger partial charge in [-0.05, 0) is 31.2 Å². The Labute approximate surface area is 167 Å². The van der Waals surface area contributed by atoms with E-state index in [0.29, 0.717) is 38.2 Å². The minimum atomic E-state index is -0.432. The second-order valence-electron chi connectivity index (χ2n) is 7.15. The van der Waals surface area contributed by atoms with Gasteiger partial charge in [0.05, 0.1) is 6.54 Å². The summed E-state index contributed by atoms with van der Waals surface area (Å²) in [5.74, 6) is -0.0820. The Hall–Kier alpha value is -2.54. The van der Waals surface area contributed by atoms with Crippen LogP contribution in [0.5, 0.6) is 0 Å². The standard InChI is InChI=1S/C21H32N4O3/c1-3-4-13-22-20(26)19-11-8-14-25(19)21(27)24(16-17(2)23-28)15-12-18-9-6-5-7-10-18/h5-7,9-10,19,23,28H,2-4,8,11-16H2,1H3,(H,22,26). The summed E-state index contributed by atoms with van der Waals surface area (Å²) in [6, 6.07) is 9.29. The zero-order valence-corrected chi connectivity index (χ0v) is 16.7. The van der Waals surface area contributed by atoms with Crippen LogP contribution in [-0.2, 0) is 11.2 Å². The van der Waals surface area contributed by atoms with Crippen molar-refractivity contribution in [2.24, 2.45) is 0 Å². The van der Waals surface area contributed by atoms with E-state index in [1.54, 1.807) is 9.80 Å². The third kappa shape index (κ3) is 6.27. The molecule has 0 bridgehead atoms. The van der Waals surface area contributed by atoms with Crippen LogP contribution in [0.25, 0.3) is 0 Å². The van der Waals surface area contributed by atoms with Crippen LogP contribution in [0.15, 0.2) is 42.6 Å². The lowest BCUT2D eigenvalue weighted by Crippen LogP contribution is -2.52. The van der Waals surface area contributed by atoms with Gasteiger partial charge in [0.2, 0.25) is 5.91 Å². The highest BCUT2D eigenvalue weighted by molar-refractivity contribution is 5.87. The van der Waals surface area contributed by atoms with E-state index in [1.807, 2.05) is 35.8 Å². The average Bonchev–Trinajstić information content (AvgIpc) is 3.21. The molecule has 1 fully saturated rings. The molecule has 2 rings (SSSR count). The molecular weight excluding hydrogens is 356 g/mol. The monoisotopic (exact) mass is 388 g/mol. The van der Waals surface area contributed by atoms with Gasteiger partial charge in [0.1, 0.15) is 6.04 Å². The van der Waals surface area contributed by atoms with Gasteiger partial charge < -0.3 is 15.1 Å². The molecular formula is C21H32N4O3. The number of nitrogens with one attached hydrogen (secondary N) is 2. The van der Waals surface area contributed by atoms with Crippen LogP contribution in [0.2, 0.25) is 0 Å². The van der Waals surface area contributed by atoms with Gasteiger partial charge in [-0.3, -0.25) is 15.5 Å². The van der Waals surface area contributed by atoms with Crippen molar-refractivity contribution in [2.45, 2.75) is 45.1 Å². The Balaban J connectivity index is 2.04. The van der Waals surface area contributed by atoms with Crippen LogP contribution in [0.3, 0.4) is 0 Å². The Morgan fingerprint density at radius 1 is 1.32 bits per heavy atom. The van der Waals surface area contributed by atoms with Crippen molar-refractivity contribution in [2.75, 3.05) is 26.2 Å². The van der Waals surface area contributed by atoms with E-state index in [2.05, 4.69) is 18.8 Å². The first-order valence-corrected chi connectivity index (χ1v) is 10.0. The number of nitrogens with zero attached hydrogens (tertiary/aromatic N) is 2. The molecule has 3 N–H and O–H groups in total. The van der Waals surface area contributed by atoms with Crippen LogP contribution in [0.1, 0.15) is 38.2 Å². The van der Waals surface area contributed by atoms with Crippen LogP contribution in [-0.4, -0.2) is 59.2 Å². The third-order valence-corrected chi connectivity index (χ3v) is 4.95. The molecule has 7 nitrogen and oxygen atoms in total. The van der Waals surface area contributed by atoms with E-state index < -0.39 is 6.04 Å². The van der Waals surface area contributed by atoms with Crippen LogP contribution < -0.4 is 10.8 Å². The highest BCUT2D eigenvalue weighted by Gasteiger charge is 2.36. The molecule has 0 spiro atoms. The van der Waals surface area contributed by atoms with E-state index in [0.717, 1.165) is 24.8 Å². The van der Waals surface area contributed by atoms with Gasteiger partial charge in [0.15, 0.2) is 0 Å². The Morgan fingerprint density at radius 3 is 2.75 bits per heavy atom. The molecule has 7 heteroatoms. The lowest BCUT2D eigenvalue weighted by atomic mass is 10.1. The summed E-state index contributed by atoms with van der Waals surface area (Å²) in [7, 11) is 0. The van der Waals surface area contributed by atoms with Crippen molar-refractivity contribution >= 4 is 11.9 Å². The third-order valence-electron chi connectivity index (χ3n) is 4.95. The fourth-order valence-corrected chi connectivity index (χ4v) is 3.37. The molecule has 1 aromatic rings. The molecule has 1 saturated heterocycles. The van der Waals surface area contributed by atoms with Gasteiger partial charge in [-0.1, -0.05) is 50.3 Å². The number of likely N-dealkylation sites (tertiary alicyclic amines) is 1. The van der Waals surface area contributed by atoms with Crippen molar-refractivity contribution in [1.82, 2.24) is 20.6 Å². The Bertz CT molecular complexity index is 650. The van der Waals surface area contributed by atoms with Crippen LogP contribution >= 0.6 is 0 Å². The zero-order valence-electron chi connectivity index (χ0n) is 16.7. The molecule has 1 heterocycles. The molecule has 0 saturated carbocycles. The molecule has 0 aliphatic carbocycles. The fourth-order valence-electron chi connectivity index (χ4n) is 3.37. The van der Waals surface area contributed by atoms with E-state index in [1.165, 1.54) is 0 Å². The zero-order chi connectivity index (χ0) is 20.4. The van der Waals surface area contributed by atoms with Crippen LogP contribution in [0.4, 0.5) is 4.79 Å². The molecule has 1 unspecified atom stereocenters. The average molecular weight is 389 g/mol. The van der Waals surface area contributed by atoms with E-state index in [-0.39, 0.29) is 18.5 Å². The van der Waals surface area contributed by atoms with Crippen molar-refractivity contribution in [3.8, 4) is 0 Å². The molecule has 1 aliphatic heterocycles. The number of unbranched alkanes of at least 4 members (excludes halogenated alkanes) is 1. The largest absolute Gasteiger partial charge is 0.354 e. The first kappa shape index (κ1) is 21.8. The number of urea groups is 1. The summed E-state index contributed by atoms with van der Waals surface area (Å²) in [6.45, 7) is 7.66. The minimum absolute atomic E-state index is 0.0820. The number of amides is 3. The summed E-state index contributed by atoms with van der Waals surface area (Å²) < 4.78 is 0. The van der Waals surface area contributed by atoms with Crippen molar-refractivity contribution < 1.29 is 14.8 Å². The molecule has 0 radical (unpaired) electrons. The fraction of sp³-hybridized carbons (Fsp3) is 0.524. The number of rotatable bonds is 10. The van der Waals surface area contributed by atoms with Gasteiger partial charge in [-0.2, -0.15) is 0 Å². The summed E-state index contributed by atoms with van der Waals surface area (Å²) in [4.78, 5) is 29.0. The molecule has 1 aliphatic rings. The Kier molecular flexibility index (Phi) is 8.81. The second-order valence-corrected chi connectivity index (χ2v) is 7.15. The normalized spacial score (nSPS) is 15.9. The maximum atomic E-state index is 13.2. The van der Waals surface area contributed by atoms with Gasteiger partial charge in [0.25, 0.3) is 0 Å². The van der Waals surface area contributed by atoms with Crippen molar-refractivity contribution in [3.63, 3.8) is 0 Å². The predicted molar refractivity (Wildman–Crippen MR) is 109 cm³/mol. The number of hydrogen-bond acceptors (Lipinski definition) is 4. The summed E-state index contributed by atoms with van der Waals surface area (Å²) in [5, 5.41) is 12.0. The summed E-state index contributed by atoms with van der Waals surface area (Å²) in [6.07, 6.45) is 4.11. The lowest BCUT2D eigenvalue weighted by molar-refractivity contribution is -0.124. The van der Waals surface area contributed by atoms with Crippen molar-refractivity contribution in [3.05, 3.63) is 48.2 Å². The number of hydrogen-bond donors (Lipinski definition) is 3. The van der Waals surface area contributed by atoms with Crippen molar-refractivity contribution in [1.29, 1.82) is 0 Å². The first-order valence-electron chi connectivity index (χ1n) is 10.0. The highest BCUT2D eigenvalue weighted by atomic mass is 16.5. The van der Waals surface area contributed by atoms with Crippen LogP contribution in [0, 0.1) is 0 Å². The minimum Gasteiger partial charge on any atom is -0.354 e. The molecule has 1 aromatic carbocycles. The van der Waals surface area contributed by atoms with Gasteiger partial charge in [0, 0.05) is 25.3 Å². The summed E-state index contributed by atoms with van der Waals surface area (Å²) in [5.41, 5.74) is 3.48. The maximum Gasteiger partial charge on any atom is 0.321 e. The SMILES string of the molecule is C=C(CN(CCc1ccccc1)C(=O)N1CCCC1C(=O)NCCCC)NO. The molecule has 1 atom stereocenters. The first-order chi connectivity index (χ1) is 13.6. The van der Waals surface area contributed by atoms with E-state index in [9.17, 15) is 9.59 Å². The molecule has 3 amide bonds. The van der Waals surface area contributed by atoms with E-state index in [4.69, 9.17) is 5.21 Å². The number of benzene rings is 1. The molecule has 154 valence electrons. The lowest BCUT2D eigenvalue weighted by Gasteiger charge is -2.31. The van der Waals surface area contributed by atoms with Gasteiger partial charge in [-0.15, -0.1) is 0 Å². The van der Waals surface area contributed by atoms with Gasteiger partial charge in [-0.25, -0.2) is 4.79 Å². The Morgan fingerprint density at radius 2 is 2.07 bits per heavy atom. The predicted octanol–water partition coefficient (Wildman–Crippen LogP) is 2.52. The topological polar surface area (TPSA) is 84.9 Å². The smallest absolute Gasteiger partial charge is 0.321 e. The number of carbonyl (C=O) groups is 2.